The van der Waals surface area contributed by atoms with E-state index in [2.05, 4.69) is 36.1 Å². The lowest BCUT2D eigenvalue weighted by Gasteiger charge is -2.14. The fraction of sp³-hybridized carbons (Fsp3) is 0.385. The van der Waals surface area contributed by atoms with Gasteiger partial charge in [-0.3, -0.25) is 4.98 Å². The van der Waals surface area contributed by atoms with Crippen LogP contribution in [-0.4, -0.2) is 9.97 Å². The van der Waals surface area contributed by atoms with Gasteiger partial charge in [-0.1, -0.05) is 26.8 Å². The van der Waals surface area contributed by atoms with Gasteiger partial charge in [0, 0.05) is 29.1 Å². The Bertz CT molecular complexity index is 454. The first-order chi connectivity index (χ1) is 7.55. The van der Waals surface area contributed by atoms with Crippen molar-refractivity contribution in [3.63, 3.8) is 0 Å². The molecule has 0 radical (unpaired) electrons. The Morgan fingerprint density at radius 2 is 2.06 bits per heavy atom. The minimum Gasteiger partial charge on any atom is -0.261 e. The molecular weight excluding hydrogens is 216 g/mol. The first kappa shape index (κ1) is 11.3. The molecule has 0 amide bonds. The Labute approximate surface area is 100 Å². The van der Waals surface area contributed by atoms with Crippen LogP contribution in [0.25, 0.3) is 0 Å². The third-order valence-corrected chi connectivity index (χ3v) is 3.23. The molecule has 0 atom stereocenters. The predicted octanol–water partition coefficient (Wildman–Crippen LogP) is 3.43. The molecule has 2 aromatic rings. The summed E-state index contributed by atoms with van der Waals surface area (Å²) >= 11 is 1.72. The van der Waals surface area contributed by atoms with E-state index in [0.717, 1.165) is 17.1 Å². The molecule has 3 heteroatoms. The average molecular weight is 232 g/mol. The highest BCUT2D eigenvalue weighted by atomic mass is 32.1. The van der Waals surface area contributed by atoms with Crippen molar-refractivity contribution in [1.82, 2.24) is 9.97 Å². The number of hydrogen-bond donors (Lipinski definition) is 0. The van der Waals surface area contributed by atoms with Crippen LogP contribution in [0.4, 0.5) is 0 Å². The predicted molar refractivity (Wildman–Crippen MR) is 67.9 cm³/mol. The van der Waals surface area contributed by atoms with Crippen molar-refractivity contribution in [3.8, 4) is 0 Å². The van der Waals surface area contributed by atoms with Crippen LogP contribution in [0.3, 0.4) is 0 Å². The molecule has 2 rings (SSSR count). The first-order valence-corrected chi connectivity index (χ1v) is 6.28. The monoisotopic (exact) mass is 232 g/mol. The Kier molecular flexibility index (Phi) is 3.06. The number of nitrogens with zero attached hydrogens (tertiary/aromatic N) is 2. The fourth-order valence-electron chi connectivity index (χ4n) is 1.39. The molecule has 2 heterocycles. The van der Waals surface area contributed by atoms with Gasteiger partial charge in [0.25, 0.3) is 0 Å². The smallest absolute Gasteiger partial charge is 0.0988 e. The van der Waals surface area contributed by atoms with E-state index in [4.69, 9.17) is 0 Å². The van der Waals surface area contributed by atoms with Crippen molar-refractivity contribution in [1.29, 1.82) is 0 Å². The van der Waals surface area contributed by atoms with E-state index in [1.807, 2.05) is 24.4 Å². The molecule has 0 unspecified atom stereocenters. The number of aromatic nitrogens is 2. The van der Waals surface area contributed by atoms with Gasteiger partial charge in [-0.05, 0) is 12.1 Å². The molecule has 0 aromatic carbocycles. The number of hydrogen-bond acceptors (Lipinski definition) is 3. The van der Waals surface area contributed by atoms with Gasteiger partial charge in [-0.25, -0.2) is 4.98 Å². The number of pyridine rings is 1. The van der Waals surface area contributed by atoms with Gasteiger partial charge in [0.1, 0.15) is 0 Å². The summed E-state index contributed by atoms with van der Waals surface area (Å²) in [4.78, 5) is 8.97. The van der Waals surface area contributed by atoms with Gasteiger partial charge in [0.2, 0.25) is 0 Å². The fourth-order valence-corrected chi connectivity index (χ4v) is 2.43. The van der Waals surface area contributed by atoms with Crippen LogP contribution in [0.15, 0.2) is 29.8 Å². The second kappa shape index (κ2) is 4.34. The summed E-state index contributed by atoms with van der Waals surface area (Å²) in [7, 11) is 0. The standard InChI is InChI=1S/C13H16N2S/c1-13(2,3)11-9-16-12(15-11)8-10-6-4-5-7-14-10/h4-7,9H,8H2,1-3H3. The zero-order valence-corrected chi connectivity index (χ0v) is 10.7. The summed E-state index contributed by atoms with van der Waals surface area (Å²) in [6, 6.07) is 5.99. The normalized spacial score (nSPS) is 11.7. The van der Waals surface area contributed by atoms with Gasteiger partial charge in [0.15, 0.2) is 0 Å². The van der Waals surface area contributed by atoms with Crippen LogP contribution in [-0.2, 0) is 11.8 Å². The van der Waals surface area contributed by atoms with E-state index >= 15 is 0 Å². The van der Waals surface area contributed by atoms with Gasteiger partial charge >= 0.3 is 0 Å². The summed E-state index contributed by atoms with van der Waals surface area (Å²) in [6.07, 6.45) is 2.66. The first-order valence-electron chi connectivity index (χ1n) is 5.40. The molecule has 2 nitrogen and oxygen atoms in total. The van der Waals surface area contributed by atoms with Crippen molar-refractivity contribution >= 4 is 11.3 Å². The molecule has 0 aliphatic heterocycles. The third kappa shape index (κ3) is 2.67. The van der Waals surface area contributed by atoms with Crippen molar-refractivity contribution < 1.29 is 0 Å². The van der Waals surface area contributed by atoms with E-state index in [1.165, 1.54) is 5.69 Å². The molecule has 0 spiro atoms. The van der Waals surface area contributed by atoms with E-state index in [1.54, 1.807) is 11.3 Å². The highest BCUT2D eigenvalue weighted by molar-refractivity contribution is 7.09. The maximum absolute atomic E-state index is 4.66. The van der Waals surface area contributed by atoms with Crippen molar-refractivity contribution in [2.75, 3.05) is 0 Å². The molecule has 0 saturated heterocycles. The molecule has 0 aliphatic rings. The highest BCUT2D eigenvalue weighted by Gasteiger charge is 2.17. The van der Waals surface area contributed by atoms with Gasteiger partial charge in [-0.15, -0.1) is 11.3 Å². The quantitative estimate of drug-likeness (QED) is 0.792. The lowest BCUT2D eigenvalue weighted by Crippen LogP contribution is -2.11. The van der Waals surface area contributed by atoms with Crippen LogP contribution < -0.4 is 0 Å². The van der Waals surface area contributed by atoms with Gasteiger partial charge in [0.05, 0.1) is 10.7 Å². The summed E-state index contributed by atoms with van der Waals surface area (Å²) in [5.41, 5.74) is 2.39. The van der Waals surface area contributed by atoms with Crippen LogP contribution in [0.1, 0.15) is 37.2 Å². The van der Waals surface area contributed by atoms with Gasteiger partial charge < -0.3 is 0 Å². The van der Waals surface area contributed by atoms with E-state index in [0.29, 0.717) is 0 Å². The second-order valence-corrected chi connectivity index (χ2v) is 5.82. The van der Waals surface area contributed by atoms with Crippen LogP contribution in [0, 0.1) is 0 Å². The van der Waals surface area contributed by atoms with Crippen LogP contribution >= 0.6 is 11.3 Å². The minimum atomic E-state index is 0.138. The number of thiazole rings is 1. The average Bonchev–Trinajstić information content (AvgIpc) is 2.67. The van der Waals surface area contributed by atoms with Crippen LogP contribution in [0.5, 0.6) is 0 Å². The molecule has 0 N–H and O–H groups in total. The van der Waals surface area contributed by atoms with Crippen molar-refractivity contribution in [2.45, 2.75) is 32.6 Å². The Morgan fingerprint density at radius 1 is 1.25 bits per heavy atom. The molecule has 84 valence electrons. The zero-order valence-electron chi connectivity index (χ0n) is 9.90. The minimum absolute atomic E-state index is 0.138. The molecule has 16 heavy (non-hydrogen) atoms. The van der Waals surface area contributed by atoms with Gasteiger partial charge in [-0.2, -0.15) is 0 Å². The van der Waals surface area contributed by atoms with E-state index < -0.39 is 0 Å². The lowest BCUT2D eigenvalue weighted by molar-refractivity contribution is 0.571. The van der Waals surface area contributed by atoms with E-state index in [9.17, 15) is 0 Å². The lowest BCUT2D eigenvalue weighted by atomic mass is 9.93. The molecule has 0 saturated carbocycles. The molecule has 0 bridgehead atoms. The van der Waals surface area contributed by atoms with Crippen LogP contribution in [0.2, 0.25) is 0 Å². The molecule has 2 aromatic heterocycles. The highest BCUT2D eigenvalue weighted by Crippen LogP contribution is 2.24. The molecule has 0 fully saturated rings. The Hall–Kier alpha value is -1.22. The summed E-state index contributed by atoms with van der Waals surface area (Å²) in [5, 5.41) is 3.29. The zero-order chi connectivity index (χ0) is 11.6. The maximum atomic E-state index is 4.66. The molecular formula is C13H16N2S. The maximum Gasteiger partial charge on any atom is 0.0988 e. The Morgan fingerprint density at radius 3 is 2.62 bits per heavy atom. The SMILES string of the molecule is CC(C)(C)c1csc(Cc2ccccn2)n1. The van der Waals surface area contributed by atoms with Crippen molar-refractivity contribution in [2.24, 2.45) is 0 Å². The Balaban J connectivity index is 2.15. The van der Waals surface area contributed by atoms with Crippen molar-refractivity contribution in [3.05, 3.63) is 46.2 Å². The largest absolute Gasteiger partial charge is 0.261 e. The molecule has 0 aliphatic carbocycles. The summed E-state index contributed by atoms with van der Waals surface area (Å²) in [5.74, 6) is 0. The third-order valence-electron chi connectivity index (χ3n) is 2.38. The number of rotatable bonds is 2. The summed E-state index contributed by atoms with van der Waals surface area (Å²) in [6.45, 7) is 6.56. The van der Waals surface area contributed by atoms with E-state index in [-0.39, 0.29) is 5.41 Å². The summed E-state index contributed by atoms with van der Waals surface area (Å²) < 4.78 is 0. The second-order valence-electron chi connectivity index (χ2n) is 4.87. The topological polar surface area (TPSA) is 25.8 Å².